The lowest BCUT2D eigenvalue weighted by Gasteiger charge is -2.21. The highest BCUT2D eigenvalue weighted by atomic mass is 35.5. The Morgan fingerprint density at radius 1 is 1.31 bits per heavy atom. The van der Waals surface area contributed by atoms with Crippen molar-refractivity contribution in [2.24, 2.45) is 0 Å². The fraction of sp³-hybridized carbons (Fsp3) is 0.571. The van der Waals surface area contributed by atoms with E-state index in [9.17, 15) is 5.11 Å². The molecule has 16 heavy (non-hydrogen) atoms. The number of aliphatic hydroxyl groups excluding tert-OH is 1. The lowest BCUT2D eigenvalue weighted by atomic mass is 9.84. The van der Waals surface area contributed by atoms with E-state index in [0.717, 1.165) is 0 Å². The minimum Gasteiger partial charge on any atom is -0.392 e. The number of hydrogen-bond donors (Lipinski definition) is 1. The fourth-order valence-corrected chi connectivity index (χ4v) is 1.78. The Morgan fingerprint density at radius 3 is 2.44 bits per heavy atom. The zero-order valence-electron chi connectivity index (χ0n) is 10.5. The predicted molar refractivity (Wildman–Crippen MR) is 70.3 cm³/mol. The van der Waals surface area contributed by atoms with Crippen molar-refractivity contribution < 1.29 is 5.11 Å². The summed E-state index contributed by atoms with van der Waals surface area (Å²) in [6, 6.07) is 6.47. The first-order valence-electron chi connectivity index (χ1n) is 5.68. The number of aryl methyl sites for hydroxylation is 1. The highest BCUT2D eigenvalue weighted by Gasteiger charge is 2.15. The van der Waals surface area contributed by atoms with Crippen LogP contribution in [0.3, 0.4) is 0 Å². The minimum atomic E-state index is -0.449. The molecule has 0 amide bonds. The maximum Gasteiger partial charge on any atom is 0.0715 e. The molecule has 0 aliphatic rings. The van der Waals surface area contributed by atoms with Gasteiger partial charge in [0.05, 0.1) is 6.10 Å². The Morgan fingerprint density at radius 2 is 1.94 bits per heavy atom. The molecule has 0 spiro atoms. The van der Waals surface area contributed by atoms with E-state index in [0.29, 0.717) is 12.3 Å². The number of aliphatic hydroxyl groups is 1. The summed E-state index contributed by atoms with van der Waals surface area (Å²) in [7, 11) is 0. The maximum atomic E-state index is 9.60. The van der Waals surface area contributed by atoms with Crippen molar-refractivity contribution in [2.75, 3.05) is 5.88 Å². The molecule has 1 aromatic carbocycles. The first kappa shape index (κ1) is 13.5. The molecule has 0 aliphatic carbocycles. The third-order valence-electron chi connectivity index (χ3n) is 2.85. The molecular weight excluding hydrogens is 220 g/mol. The molecule has 1 nitrogen and oxygen atoms in total. The van der Waals surface area contributed by atoms with Gasteiger partial charge >= 0.3 is 0 Å². The van der Waals surface area contributed by atoms with Gasteiger partial charge in [0.25, 0.3) is 0 Å². The summed E-state index contributed by atoms with van der Waals surface area (Å²) in [5, 5.41) is 9.60. The lowest BCUT2D eigenvalue weighted by Crippen LogP contribution is -2.15. The monoisotopic (exact) mass is 240 g/mol. The van der Waals surface area contributed by atoms with Crippen molar-refractivity contribution in [1.82, 2.24) is 0 Å². The van der Waals surface area contributed by atoms with Crippen molar-refractivity contribution in [3.63, 3.8) is 0 Å². The molecule has 0 fully saturated rings. The number of halogens is 1. The van der Waals surface area contributed by atoms with E-state index in [-0.39, 0.29) is 5.41 Å². The zero-order valence-corrected chi connectivity index (χ0v) is 11.3. The second-order valence-electron chi connectivity index (χ2n) is 5.40. The third kappa shape index (κ3) is 3.50. The molecule has 1 rings (SSSR count). The average molecular weight is 241 g/mol. The van der Waals surface area contributed by atoms with E-state index >= 15 is 0 Å². The molecule has 90 valence electrons. The van der Waals surface area contributed by atoms with Crippen molar-refractivity contribution >= 4 is 11.6 Å². The molecule has 1 aromatic rings. The van der Waals surface area contributed by atoms with Gasteiger partial charge in [-0.3, -0.25) is 0 Å². The Hall–Kier alpha value is -0.530. The van der Waals surface area contributed by atoms with Crippen LogP contribution in [0.15, 0.2) is 18.2 Å². The summed E-state index contributed by atoms with van der Waals surface area (Å²) in [6.45, 7) is 8.65. The Balaban J connectivity index is 3.00. The van der Waals surface area contributed by atoms with Crippen molar-refractivity contribution in [3.05, 3.63) is 34.9 Å². The van der Waals surface area contributed by atoms with Crippen LogP contribution in [0.4, 0.5) is 0 Å². The van der Waals surface area contributed by atoms with E-state index < -0.39 is 6.10 Å². The van der Waals surface area contributed by atoms with Gasteiger partial charge in [-0.05, 0) is 35.4 Å². The molecule has 0 radical (unpaired) electrons. The summed E-state index contributed by atoms with van der Waals surface area (Å²) < 4.78 is 0. The molecule has 1 N–H and O–H groups in total. The van der Waals surface area contributed by atoms with E-state index in [1.54, 1.807) is 0 Å². The first-order valence-corrected chi connectivity index (χ1v) is 6.22. The summed E-state index contributed by atoms with van der Waals surface area (Å²) >= 11 is 5.63. The molecular formula is C14H21ClO. The van der Waals surface area contributed by atoms with E-state index in [1.807, 2.05) is 0 Å². The van der Waals surface area contributed by atoms with E-state index in [4.69, 9.17) is 11.6 Å². The van der Waals surface area contributed by atoms with Crippen LogP contribution in [0.1, 0.15) is 37.5 Å². The van der Waals surface area contributed by atoms with Crippen LogP contribution >= 0.6 is 11.6 Å². The minimum absolute atomic E-state index is 0.147. The van der Waals surface area contributed by atoms with Gasteiger partial charge < -0.3 is 5.11 Å². The van der Waals surface area contributed by atoms with Gasteiger partial charge in [-0.25, -0.2) is 0 Å². The average Bonchev–Trinajstić information content (AvgIpc) is 2.19. The van der Waals surface area contributed by atoms with E-state index in [1.165, 1.54) is 16.7 Å². The van der Waals surface area contributed by atoms with Crippen LogP contribution < -0.4 is 0 Å². The molecule has 1 atom stereocenters. The van der Waals surface area contributed by atoms with Crippen LogP contribution in [-0.2, 0) is 11.8 Å². The molecule has 0 aromatic heterocycles. The summed E-state index contributed by atoms with van der Waals surface area (Å²) in [4.78, 5) is 0. The molecule has 2 heteroatoms. The molecule has 0 aliphatic heterocycles. The van der Waals surface area contributed by atoms with Crippen molar-refractivity contribution in [1.29, 1.82) is 0 Å². The second kappa shape index (κ2) is 5.20. The smallest absolute Gasteiger partial charge is 0.0715 e. The highest BCUT2D eigenvalue weighted by Crippen LogP contribution is 2.25. The highest BCUT2D eigenvalue weighted by molar-refractivity contribution is 6.18. The zero-order chi connectivity index (χ0) is 12.3. The fourth-order valence-electron chi connectivity index (χ4n) is 1.67. The van der Waals surface area contributed by atoms with Crippen molar-refractivity contribution in [3.8, 4) is 0 Å². The number of alkyl halides is 1. The summed E-state index contributed by atoms with van der Waals surface area (Å²) in [6.07, 6.45) is 0.190. The van der Waals surface area contributed by atoms with Crippen LogP contribution in [0, 0.1) is 6.92 Å². The standard InChI is InChI=1S/C14H21ClO/c1-10-5-6-12(14(2,3)4)7-11(10)8-13(16)9-15/h5-7,13,16H,8-9H2,1-4H3. The van der Waals surface area contributed by atoms with Crippen LogP contribution in [0.2, 0.25) is 0 Å². The van der Waals surface area contributed by atoms with Gasteiger partial charge in [-0.15, -0.1) is 11.6 Å². The van der Waals surface area contributed by atoms with Gasteiger partial charge in [0.15, 0.2) is 0 Å². The van der Waals surface area contributed by atoms with E-state index in [2.05, 4.69) is 45.9 Å². The lowest BCUT2D eigenvalue weighted by molar-refractivity contribution is 0.198. The predicted octanol–water partition coefficient (Wildman–Crippen LogP) is 3.43. The first-order chi connectivity index (χ1) is 7.34. The van der Waals surface area contributed by atoms with Crippen LogP contribution in [-0.4, -0.2) is 17.1 Å². The maximum absolute atomic E-state index is 9.60. The number of benzene rings is 1. The summed E-state index contributed by atoms with van der Waals surface area (Å²) in [5.41, 5.74) is 3.86. The largest absolute Gasteiger partial charge is 0.392 e. The second-order valence-corrected chi connectivity index (χ2v) is 5.71. The van der Waals surface area contributed by atoms with Gasteiger partial charge in [-0.1, -0.05) is 39.0 Å². The SMILES string of the molecule is Cc1ccc(C(C)(C)C)cc1CC(O)CCl. The normalized spacial score (nSPS) is 13.9. The Labute approximate surface area is 103 Å². The van der Waals surface area contributed by atoms with Crippen LogP contribution in [0.25, 0.3) is 0 Å². The number of rotatable bonds is 3. The van der Waals surface area contributed by atoms with Crippen molar-refractivity contribution in [2.45, 2.75) is 45.6 Å². The molecule has 0 heterocycles. The van der Waals surface area contributed by atoms with Gasteiger partial charge in [0, 0.05) is 5.88 Å². The third-order valence-corrected chi connectivity index (χ3v) is 3.21. The molecule has 0 saturated carbocycles. The topological polar surface area (TPSA) is 20.2 Å². The molecule has 1 unspecified atom stereocenters. The Kier molecular flexibility index (Phi) is 4.40. The molecule has 0 saturated heterocycles. The number of hydrogen-bond acceptors (Lipinski definition) is 1. The Bertz CT molecular complexity index is 352. The summed E-state index contributed by atoms with van der Waals surface area (Å²) in [5.74, 6) is 0.291. The van der Waals surface area contributed by atoms with Gasteiger partial charge in [-0.2, -0.15) is 0 Å². The van der Waals surface area contributed by atoms with Gasteiger partial charge in [0.1, 0.15) is 0 Å². The van der Waals surface area contributed by atoms with Gasteiger partial charge in [0.2, 0.25) is 0 Å². The molecule has 0 bridgehead atoms. The quantitative estimate of drug-likeness (QED) is 0.803. The van der Waals surface area contributed by atoms with Crippen LogP contribution in [0.5, 0.6) is 0 Å².